The first-order chi connectivity index (χ1) is 18.9. The fraction of sp³-hybridized carbons (Fsp3) is 0.172. The molecule has 1 aliphatic rings. The fourth-order valence-electron chi connectivity index (χ4n) is 4.81. The summed E-state index contributed by atoms with van der Waals surface area (Å²) in [4.78, 5) is 35.5. The summed E-state index contributed by atoms with van der Waals surface area (Å²) in [7, 11) is 1.40. The molecule has 2 N–H and O–H groups in total. The van der Waals surface area contributed by atoms with Crippen LogP contribution in [0.15, 0.2) is 83.3 Å². The number of hydrogen-bond acceptors (Lipinski definition) is 7. The van der Waals surface area contributed by atoms with Crippen LogP contribution in [0.25, 0.3) is 22.5 Å². The number of furan rings is 1. The lowest BCUT2D eigenvalue weighted by molar-refractivity contribution is -0.384. The molecule has 0 fully saturated rings. The minimum absolute atomic E-state index is 0.0399. The van der Waals surface area contributed by atoms with Gasteiger partial charge >= 0.3 is 12.1 Å². The molecular weight excluding hydrogens is 504 g/mol. The Hall–Kier alpha value is -5.12. The van der Waals surface area contributed by atoms with Crippen LogP contribution < -0.4 is 10.1 Å². The van der Waals surface area contributed by atoms with E-state index in [9.17, 15) is 24.8 Å². The van der Waals surface area contributed by atoms with Gasteiger partial charge in [-0.3, -0.25) is 10.1 Å². The predicted molar refractivity (Wildman–Crippen MR) is 141 cm³/mol. The van der Waals surface area contributed by atoms with Gasteiger partial charge in [0.25, 0.3) is 5.69 Å². The number of carboxylic acids is 1. The summed E-state index contributed by atoms with van der Waals surface area (Å²) in [6, 6.07) is 21.8. The molecule has 1 amide bonds. The van der Waals surface area contributed by atoms with Crippen molar-refractivity contribution < 1.29 is 33.5 Å². The molecule has 3 aromatic carbocycles. The van der Waals surface area contributed by atoms with E-state index in [0.29, 0.717) is 5.75 Å². The predicted octanol–water partition coefficient (Wildman–Crippen LogP) is 5.40. The number of benzene rings is 3. The number of rotatable bonds is 9. The standard InChI is InChI=1S/C29H24N2O8/c1-37-17-10-12-23(26(15-17)31(35)36)27-13-11-18(39-27)14-25(28(32)33)30-29(34)38-16-24-21-8-4-2-6-19(21)20-7-3-5-9-22(20)24/h2-13,15,24-25H,14,16H2,1H3,(H,30,34)(H,32,33). The SMILES string of the molecule is COc1ccc(-c2ccc(CC(NC(=O)OCC3c4ccccc4-c4ccccc43)C(=O)O)o2)c([N+](=O)[O-])c1. The van der Waals surface area contributed by atoms with Crippen LogP contribution in [0.5, 0.6) is 5.75 Å². The number of nitro benzene ring substituents is 1. The van der Waals surface area contributed by atoms with Crippen LogP contribution in [-0.2, 0) is 16.0 Å². The van der Waals surface area contributed by atoms with Crippen molar-refractivity contribution in [2.75, 3.05) is 13.7 Å². The number of nitrogens with one attached hydrogen (secondary N) is 1. The number of hydrogen-bond donors (Lipinski definition) is 2. The first kappa shape index (κ1) is 25.5. The number of carbonyl (C=O) groups is 2. The smallest absolute Gasteiger partial charge is 0.407 e. The molecule has 198 valence electrons. The van der Waals surface area contributed by atoms with Gasteiger partial charge in [0, 0.05) is 12.3 Å². The van der Waals surface area contributed by atoms with Crippen molar-refractivity contribution in [1.29, 1.82) is 0 Å². The van der Waals surface area contributed by atoms with Crippen molar-refractivity contribution in [2.45, 2.75) is 18.4 Å². The van der Waals surface area contributed by atoms with E-state index in [1.807, 2.05) is 48.5 Å². The largest absolute Gasteiger partial charge is 0.497 e. The number of methoxy groups -OCH3 is 1. The van der Waals surface area contributed by atoms with Crippen LogP contribution in [0, 0.1) is 10.1 Å². The van der Waals surface area contributed by atoms with Crippen molar-refractivity contribution in [1.82, 2.24) is 5.32 Å². The zero-order valence-corrected chi connectivity index (χ0v) is 20.8. The van der Waals surface area contributed by atoms with Gasteiger partial charge in [-0.15, -0.1) is 0 Å². The number of carboxylic acid groups (broad SMARTS) is 1. The van der Waals surface area contributed by atoms with E-state index in [1.165, 1.54) is 31.4 Å². The number of nitro groups is 1. The number of aliphatic carboxylic acids is 1. The van der Waals surface area contributed by atoms with E-state index < -0.39 is 23.0 Å². The number of alkyl carbamates (subject to hydrolysis) is 1. The lowest BCUT2D eigenvalue weighted by atomic mass is 9.98. The third kappa shape index (κ3) is 5.17. The van der Waals surface area contributed by atoms with Gasteiger partial charge in [0.1, 0.15) is 29.9 Å². The summed E-state index contributed by atoms with van der Waals surface area (Å²) in [6.45, 7) is 0.0399. The first-order valence-corrected chi connectivity index (χ1v) is 12.1. The van der Waals surface area contributed by atoms with E-state index in [4.69, 9.17) is 13.9 Å². The number of nitrogens with zero attached hydrogens (tertiary/aromatic N) is 1. The minimum Gasteiger partial charge on any atom is -0.497 e. The molecule has 4 aromatic rings. The number of amides is 1. The highest BCUT2D eigenvalue weighted by atomic mass is 16.6. The second-order valence-electron chi connectivity index (χ2n) is 8.97. The molecule has 39 heavy (non-hydrogen) atoms. The normalized spacial score (nSPS) is 12.7. The van der Waals surface area contributed by atoms with Gasteiger partial charge in [-0.2, -0.15) is 0 Å². The maximum atomic E-state index is 12.6. The van der Waals surface area contributed by atoms with Gasteiger partial charge in [-0.05, 0) is 46.5 Å². The van der Waals surface area contributed by atoms with Crippen molar-refractivity contribution >= 4 is 17.7 Å². The molecule has 1 atom stereocenters. The molecule has 10 heteroatoms. The minimum atomic E-state index is -1.34. The zero-order valence-electron chi connectivity index (χ0n) is 20.8. The third-order valence-corrected chi connectivity index (χ3v) is 6.67. The lowest BCUT2D eigenvalue weighted by Gasteiger charge is -2.17. The molecule has 0 radical (unpaired) electrons. The van der Waals surface area contributed by atoms with E-state index >= 15 is 0 Å². The van der Waals surface area contributed by atoms with Crippen LogP contribution in [0.2, 0.25) is 0 Å². The van der Waals surface area contributed by atoms with E-state index in [1.54, 1.807) is 6.07 Å². The van der Waals surface area contributed by atoms with Crippen LogP contribution >= 0.6 is 0 Å². The maximum Gasteiger partial charge on any atom is 0.407 e. The Labute approximate surface area is 222 Å². The first-order valence-electron chi connectivity index (χ1n) is 12.1. The van der Waals surface area contributed by atoms with Crippen molar-refractivity contribution in [3.8, 4) is 28.2 Å². The Bertz CT molecular complexity index is 1510. The Morgan fingerprint density at radius 3 is 2.28 bits per heavy atom. The molecule has 0 saturated heterocycles. The lowest BCUT2D eigenvalue weighted by Crippen LogP contribution is -2.42. The Kier molecular flexibility index (Phi) is 7.00. The fourth-order valence-corrected chi connectivity index (χ4v) is 4.81. The molecule has 5 rings (SSSR count). The average Bonchev–Trinajstić information content (AvgIpc) is 3.53. The number of carbonyl (C=O) groups excluding carboxylic acids is 1. The molecular formula is C29H24N2O8. The summed E-state index contributed by atoms with van der Waals surface area (Å²) >= 11 is 0. The highest BCUT2D eigenvalue weighted by Gasteiger charge is 2.30. The maximum absolute atomic E-state index is 12.6. The average molecular weight is 529 g/mol. The Morgan fingerprint density at radius 2 is 1.67 bits per heavy atom. The van der Waals surface area contributed by atoms with Gasteiger partial charge < -0.3 is 24.3 Å². The summed E-state index contributed by atoms with van der Waals surface area (Å²) in [5.41, 5.74) is 4.23. The molecule has 0 bridgehead atoms. The summed E-state index contributed by atoms with van der Waals surface area (Å²) in [5, 5.41) is 23.6. The molecule has 1 aromatic heterocycles. The quantitative estimate of drug-likeness (QED) is 0.217. The molecule has 0 aliphatic heterocycles. The third-order valence-electron chi connectivity index (χ3n) is 6.67. The number of ether oxygens (including phenoxy) is 2. The van der Waals surface area contributed by atoms with E-state index in [0.717, 1.165) is 22.3 Å². The monoisotopic (exact) mass is 528 g/mol. The van der Waals surface area contributed by atoms with Gasteiger partial charge in [0.05, 0.1) is 23.7 Å². The van der Waals surface area contributed by atoms with Crippen LogP contribution in [0.1, 0.15) is 22.8 Å². The molecule has 10 nitrogen and oxygen atoms in total. The van der Waals surface area contributed by atoms with Gasteiger partial charge in [0.15, 0.2) is 0 Å². The van der Waals surface area contributed by atoms with E-state index in [2.05, 4.69) is 5.32 Å². The summed E-state index contributed by atoms with van der Waals surface area (Å²) in [6.07, 6.45) is -1.06. The summed E-state index contributed by atoms with van der Waals surface area (Å²) < 4.78 is 16.2. The zero-order chi connectivity index (χ0) is 27.5. The molecule has 1 aliphatic carbocycles. The Morgan fingerprint density at radius 1 is 1.00 bits per heavy atom. The molecule has 0 spiro atoms. The van der Waals surface area contributed by atoms with Gasteiger partial charge in [-0.25, -0.2) is 9.59 Å². The van der Waals surface area contributed by atoms with Crippen molar-refractivity contribution in [3.05, 3.63) is 106 Å². The molecule has 1 heterocycles. The summed E-state index contributed by atoms with van der Waals surface area (Å²) in [5.74, 6) is -0.724. The van der Waals surface area contributed by atoms with Crippen molar-refractivity contribution in [2.24, 2.45) is 0 Å². The van der Waals surface area contributed by atoms with Crippen LogP contribution in [-0.4, -0.2) is 41.9 Å². The highest BCUT2D eigenvalue weighted by Crippen LogP contribution is 2.44. The number of fused-ring (bicyclic) bond motifs is 3. The topological polar surface area (TPSA) is 141 Å². The van der Waals surface area contributed by atoms with Gasteiger partial charge in [0.2, 0.25) is 0 Å². The second-order valence-corrected chi connectivity index (χ2v) is 8.97. The molecule has 1 unspecified atom stereocenters. The Balaban J connectivity index is 1.26. The van der Waals surface area contributed by atoms with Gasteiger partial charge in [-0.1, -0.05) is 48.5 Å². The highest BCUT2D eigenvalue weighted by molar-refractivity contribution is 5.81. The van der Waals surface area contributed by atoms with Crippen LogP contribution in [0.3, 0.4) is 0 Å². The second kappa shape index (κ2) is 10.7. The van der Waals surface area contributed by atoms with Crippen molar-refractivity contribution in [3.63, 3.8) is 0 Å². The molecule has 0 saturated carbocycles. The van der Waals surface area contributed by atoms with Crippen LogP contribution in [0.4, 0.5) is 10.5 Å². The van der Waals surface area contributed by atoms with E-state index in [-0.39, 0.29) is 41.7 Å².